The standard InChI is InChI=1S/C54H40/c1-35(2)52-46-20-10-9-19-44(46)45-30-29-40(34-51(45)52)54-49-23-13-11-21-47(49)53(48-22-12-14-24-50(48)54)39-27-25-38(26-28-39)43-32-41(36-15-5-3-6-16-36)31-42(33-43)37-17-7-4-8-18-37/h3-35,52H,1-2H3. The van der Waals surface area contributed by atoms with Crippen LogP contribution < -0.4 is 0 Å². The highest BCUT2D eigenvalue weighted by molar-refractivity contribution is 6.21. The summed E-state index contributed by atoms with van der Waals surface area (Å²) in [4.78, 5) is 0. The summed E-state index contributed by atoms with van der Waals surface area (Å²) >= 11 is 0. The van der Waals surface area contributed by atoms with Crippen LogP contribution in [-0.2, 0) is 0 Å². The topological polar surface area (TPSA) is 0 Å². The Balaban J connectivity index is 1.12. The third-order valence-electron chi connectivity index (χ3n) is 11.5. The molecule has 0 N–H and O–H groups in total. The van der Waals surface area contributed by atoms with E-state index in [9.17, 15) is 0 Å². The van der Waals surface area contributed by atoms with E-state index in [0.717, 1.165) is 0 Å². The highest BCUT2D eigenvalue weighted by Crippen LogP contribution is 2.51. The minimum atomic E-state index is 0.392. The van der Waals surface area contributed by atoms with E-state index in [-0.39, 0.29) is 0 Å². The molecule has 256 valence electrons. The molecule has 9 aromatic rings. The van der Waals surface area contributed by atoms with E-state index in [1.54, 1.807) is 0 Å². The van der Waals surface area contributed by atoms with Crippen molar-refractivity contribution >= 4 is 21.5 Å². The highest BCUT2D eigenvalue weighted by atomic mass is 14.3. The van der Waals surface area contributed by atoms with E-state index in [1.807, 2.05) is 0 Å². The lowest BCUT2D eigenvalue weighted by molar-refractivity contribution is 0.573. The molecule has 1 atom stereocenters. The van der Waals surface area contributed by atoms with Crippen LogP contribution in [0.15, 0.2) is 194 Å². The Morgan fingerprint density at radius 2 is 0.685 bits per heavy atom. The van der Waals surface area contributed by atoms with E-state index in [1.165, 1.54) is 99.4 Å². The van der Waals surface area contributed by atoms with Crippen LogP contribution >= 0.6 is 0 Å². The van der Waals surface area contributed by atoms with Crippen molar-refractivity contribution < 1.29 is 0 Å². The zero-order valence-corrected chi connectivity index (χ0v) is 30.6. The van der Waals surface area contributed by atoms with Crippen molar-refractivity contribution in [3.05, 3.63) is 205 Å². The number of benzene rings is 9. The molecule has 1 unspecified atom stereocenters. The van der Waals surface area contributed by atoms with Gasteiger partial charge in [0.25, 0.3) is 0 Å². The maximum absolute atomic E-state index is 2.50. The third-order valence-corrected chi connectivity index (χ3v) is 11.5. The van der Waals surface area contributed by atoms with Crippen molar-refractivity contribution in [2.45, 2.75) is 19.8 Å². The molecule has 0 fully saturated rings. The van der Waals surface area contributed by atoms with Gasteiger partial charge in [0.2, 0.25) is 0 Å². The average Bonchev–Trinajstić information content (AvgIpc) is 3.57. The lowest BCUT2D eigenvalue weighted by Crippen LogP contribution is -2.05. The Hall–Kier alpha value is -6.50. The van der Waals surface area contributed by atoms with Gasteiger partial charge < -0.3 is 0 Å². The molecule has 1 aliphatic rings. The van der Waals surface area contributed by atoms with Crippen LogP contribution in [0.5, 0.6) is 0 Å². The van der Waals surface area contributed by atoms with Gasteiger partial charge in [0.05, 0.1) is 0 Å². The Morgan fingerprint density at radius 3 is 1.20 bits per heavy atom. The average molecular weight is 689 g/mol. The summed E-state index contributed by atoms with van der Waals surface area (Å²) in [5.41, 5.74) is 18.1. The van der Waals surface area contributed by atoms with Crippen LogP contribution in [0, 0.1) is 5.92 Å². The first-order valence-electron chi connectivity index (χ1n) is 19.2. The van der Waals surface area contributed by atoms with Gasteiger partial charge in [-0.05, 0) is 130 Å². The summed E-state index contributed by atoms with van der Waals surface area (Å²) in [6, 6.07) is 71.8. The van der Waals surface area contributed by atoms with E-state index >= 15 is 0 Å². The summed E-state index contributed by atoms with van der Waals surface area (Å²) in [6.07, 6.45) is 0. The van der Waals surface area contributed by atoms with E-state index in [4.69, 9.17) is 0 Å². The molecule has 0 amide bonds. The predicted octanol–water partition coefficient (Wildman–Crippen LogP) is 15.1. The lowest BCUT2D eigenvalue weighted by Gasteiger charge is -2.20. The molecule has 0 radical (unpaired) electrons. The molecule has 0 saturated heterocycles. The van der Waals surface area contributed by atoms with Gasteiger partial charge in [0.1, 0.15) is 0 Å². The molecule has 0 aromatic heterocycles. The molecule has 9 aromatic carbocycles. The fourth-order valence-corrected chi connectivity index (χ4v) is 9.09. The maximum atomic E-state index is 2.50. The zero-order chi connectivity index (χ0) is 36.2. The van der Waals surface area contributed by atoms with Crippen LogP contribution in [0.4, 0.5) is 0 Å². The maximum Gasteiger partial charge on any atom is 0.0125 e. The molecular weight excluding hydrogens is 649 g/mol. The van der Waals surface area contributed by atoms with Crippen molar-refractivity contribution in [2.24, 2.45) is 5.92 Å². The molecule has 0 nitrogen and oxygen atoms in total. The van der Waals surface area contributed by atoms with Crippen LogP contribution in [0.3, 0.4) is 0 Å². The Labute approximate surface area is 318 Å². The minimum absolute atomic E-state index is 0.392. The zero-order valence-electron chi connectivity index (χ0n) is 30.6. The van der Waals surface area contributed by atoms with Gasteiger partial charge in [-0.1, -0.05) is 184 Å². The smallest absolute Gasteiger partial charge is 0.0125 e. The second kappa shape index (κ2) is 13.2. The normalized spacial score (nSPS) is 13.4. The van der Waals surface area contributed by atoms with Gasteiger partial charge in [-0.3, -0.25) is 0 Å². The Morgan fingerprint density at radius 1 is 0.296 bits per heavy atom. The van der Waals surface area contributed by atoms with Gasteiger partial charge >= 0.3 is 0 Å². The SMILES string of the molecule is CC(C)C1c2ccccc2-c2ccc(-c3c4ccccc4c(-c4ccc(-c5cc(-c6ccccc6)cc(-c6ccccc6)c5)cc4)c4ccccc34)cc21. The monoisotopic (exact) mass is 688 g/mol. The van der Waals surface area contributed by atoms with Crippen molar-refractivity contribution in [2.75, 3.05) is 0 Å². The molecular formula is C54H40. The first kappa shape index (κ1) is 32.2. The molecule has 54 heavy (non-hydrogen) atoms. The molecule has 0 heteroatoms. The molecule has 10 rings (SSSR count). The molecule has 0 aliphatic heterocycles. The largest absolute Gasteiger partial charge is 0.0622 e. The van der Waals surface area contributed by atoms with E-state index in [2.05, 4.69) is 208 Å². The van der Waals surface area contributed by atoms with Gasteiger partial charge in [-0.15, -0.1) is 0 Å². The second-order valence-corrected chi connectivity index (χ2v) is 15.1. The van der Waals surface area contributed by atoms with Gasteiger partial charge in [0, 0.05) is 5.92 Å². The fourth-order valence-electron chi connectivity index (χ4n) is 9.09. The fraction of sp³-hybridized carbons (Fsp3) is 0.0741. The summed E-state index contributed by atoms with van der Waals surface area (Å²) in [7, 11) is 0. The number of rotatable bonds is 6. The highest BCUT2D eigenvalue weighted by Gasteiger charge is 2.31. The third kappa shape index (κ3) is 5.37. The Bertz CT molecular complexity index is 2710. The van der Waals surface area contributed by atoms with Crippen molar-refractivity contribution in [3.8, 4) is 66.8 Å². The summed E-state index contributed by atoms with van der Waals surface area (Å²) in [5, 5.41) is 5.13. The summed E-state index contributed by atoms with van der Waals surface area (Å²) < 4.78 is 0. The van der Waals surface area contributed by atoms with Gasteiger partial charge in [0.15, 0.2) is 0 Å². The number of hydrogen-bond acceptors (Lipinski definition) is 0. The molecule has 0 heterocycles. The Kier molecular flexibility index (Phi) is 7.85. The van der Waals surface area contributed by atoms with E-state index < -0.39 is 0 Å². The predicted molar refractivity (Wildman–Crippen MR) is 231 cm³/mol. The van der Waals surface area contributed by atoms with Crippen LogP contribution in [0.25, 0.3) is 88.3 Å². The summed E-state index contributed by atoms with van der Waals surface area (Å²) in [6.45, 7) is 4.71. The van der Waals surface area contributed by atoms with Crippen LogP contribution in [-0.4, -0.2) is 0 Å². The molecule has 0 bridgehead atoms. The first-order chi connectivity index (χ1) is 26.6. The summed E-state index contributed by atoms with van der Waals surface area (Å²) in [5.74, 6) is 0.899. The second-order valence-electron chi connectivity index (χ2n) is 15.1. The van der Waals surface area contributed by atoms with Crippen LogP contribution in [0.1, 0.15) is 30.9 Å². The van der Waals surface area contributed by atoms with Crippen molar-refractivity contribution in [1.82, 2.24) is 0 Å². The number of fused-ring (bicyclic) bond motifs is 5. The minimum Gasteiger partial charge on any atom is -0.0622 e. The first-order valence-corrected chi connectivity index (χ1v) is 19.2. The molecule has 1 aliphatic carbocycles. The lowest BCUT2D eigenvalue weighted by atomic mass is 9.83. The van der Waals surface area contributed by atoms with Crippen molar-refractivity contribution in [3.63, 3.8) is 0 Å². The van der Waals surface area contributed by atoms with Crippen LogP contribution in [0.2, 0.25) is 0 Å². The quantitative estimate of drug-likeness (QED) is 0.153. The number of hydrogen-bond donors (Lipinski definition) is 0. The van der Waals surface area contributed by atoms with Crippen molar-refractivity contribution in [1.29, 1.82) is 0 Å². The molecule has 0 spiro atoms. The molecule has 0 saturated carbocycles. The van der Waals surface area contributed by atoms with Gasteiger partial charge in [-0.25, -0.2) is 0 Å². The van der Waals surface area contributed by atoms with E-state index in [0.29, 0.717) is 11.8 Å². The van der Waals surface area contributed by atoms with Gasteiger partial charge in [-0.2, -0.15) is 0 Å².